The number of methoxy groups -OCH3 is 2. The zero-order valence-corrected chi connectivity index (χ0v) is 25.1. The van der Waals surface area contributed by atoms with E-state index in [1.54, 1.807) is 14.2 Å². The summed E-state index contributed by atoms with van der Waals surface area (Å²) in [6.45, 7) is 7.55. The van der Waals surface area contributed by atoms with Gasteiger partial charge in [-0.3, -0.25) is 0 Å². The summed E-state index contributed by atoms with van der Waals surface area (Å²) < 4.78 is 28.6. The Morgan fingerprint density at radius 3 is 2.55 bits per heavy atom. The van der Waals surface area contributed by atoms with Crippen LogP contribution in [-0.2, 0) is 32.2 Å². The predicted molar refractivity (Wildman–Crippen MR) is 159 cm³/mol. The molecule has 2 aromatic carbocycles. The zero-order valence-electron chi connectivity index (χ0n) is 25.1. The molecule has 0 aromatic heterocycles. The van der Waals surface area contributed by atoms with E-state index < -0.39 is 12.2 Å². The number of likely N-dealkylation sites (tertiary alicyclic amines) is 1. The highest BCUT2D eigenvalue weighted by atomic mass is 16.5. The molecule has 10 heteroatoms. The highest BCUT2D eigenvalue weighted by Gasteiger charge is 2.40. The van der Waals surface area contributed by atoms with Crippen molar-refractivity contribution in [2.45, 2.75) is 38.6 Å². The molecule has 4 atom stereocenters. The third kappa shape index (κ3) is 8.58. The van der Waals surface area contributed by atoms with Crippen molar-refractivity contribution in [1.82, 2.24) is 4.90 Å². The molecular weight excluding hydrogens is 540 g/mol. The number of hydrogen-bond donors (Lipinski definition) is 2. The number of rotatable bonds is 15. The lowest BCUT2D eigenvalue weighted by Crippen LogP contribution is -2.51. The van der Waals surface area contributed by atoms with Gasteiger partial charge in [0.2, 0.25) is 0 Å². The lowest BCUT2D eigenvalue weighted by molar-refractivity contribution is -0.0483. The summed E-state index contributed by atoms with van der Waals surface area (Å²) in [6.07, 6.45) is -0.506. The summed E-state index contributed by atoms with van der Waals surface area (Å²) in [5.74, 6) is 0.727. The van der Waals surface area contributed by atoms with E-state index in [2.05, 4.69) is 17.9 Å². The number of piperidine rings is 1. The number of aliphatic hydroxyl groups excluding tert-OH is 1. The molecular formula is C32H46N2O8. The highest BCUT2D eigenvalue weighted by molar-refractivity contribution is 5.65. The zero-order chi connectivity index (χ0) is 29.9. The van der Waals surface area contributed by atoms with Gasteiger partial charge in [0.25, 0.3) is 0 Å². The molecule has 2 aliphatic rings. The fourth-order valence-electron chi connectivity index (χ4n) is 5.87. The van der Waals surface area contributed by atoms with Crippen molar-refractivity contribution in [3.8, 4) is 5.75 Å². The lowest BCUT2D eigenvalue weighted by atomic mass is 9.78. The first-order valence-corrected chi connectivity index (χ1v) is 14.8. The summed E-state index contributed by atoms with van der Waals surface area (Å²) in [5.41, 5.74) is 4.09. The predicted octanol–water partition coefficient (Wildman–Crippen LogP) is 3.99. The van der Waals surface area contributed by atoms with E-state index >= 15 is 0 Å². The Hall–Kier alpha value is -2.89. The summed E-state index contributed by atoms with van der Waals surface area (Å²) in [7, 11) is 3.40. The van der Waals surface area contributed by atoms with Crippen LogP contribution in [0.5, 0.6) is 5.75 Å². The number of anilines is 1. The number of benzene rings is 2. The van der Waals surface area contributed by atoms with E-state index in [4.69, 9.17) is 23.7 Å². The topological polar surface area (TPSA) is 110 Å². The van der Waals surface area contributed by atoms with Gasteiger partial charge >= 0.3 is 6.09 Å². The Balaban J connectivity index is 1.47. The average molecular weight is 587 g/mol. The number of amides is 1. The van der Waals surface area contributed by atoms with Crippen LogP contribution in [0.4, 0.5) is 10.5 Å². The van der Waals surface area contributed by atoms with Gasteiger partial charge in [0, 0.05) is 58.3 Å². The molecule has 2 aromatic rings. The first-order chi connectivity index (χ1) is 20.4. The smallest absolute Gasteiger partial charge is 0.407 e. The van der Waals surface area contributed by atoms with Crippen molar-refractivity contribution in [2.24, 2.45) is 11.8 Å². The van der Waals surface area contributed by atoms with Crippen LogP contribution in [0.2, 0.25) is 0 Å². The first-order valence-electron chi connectivity index (χ1n) is 14.8. The van der Waals surface area contributed by atoms with Gasteiger partial charge in [0.1, 0.15) is 12.4 Å². The Morgan fingerprint density at radius 2 is 1.83 bits per heavy atom. The number of nitrogens with zero attached hydrogens (tertiary/aromatic N) is 2. The van der Waals surface area contributed by atoms with Crippen LogP contribution in [0.15, 0.2) is 42.5 Å². The molecule has 1 amide bonds. The number of fused-ring (bicyclic) bond motifs is 1. The fraction of sp³-hybridized carbons (Fsp3) is 0.594. The maximum absolute atomic E-state index is 12.0. The minimum atomic E-state index is -1.01. The van der Waals surface area contributed by atoms with Crippen LogP contribution in [0.3, 0.4) is 0 Å². The molecule has 1 saturated heterocycles. The number of aliphatic hydroxyl groups is 1. The van der Waals surface area contributed by atoms with Crippen LogP contribution in [0.1, 0.15) is 36.0 Å². The fourth-order valence-corrected chi connectivity index (χ4v) is 5.87. The second kappa shape index (κ2) is 16.1. The van der Waals surface area contributed by atoms with Crippen molar-refractivity contribution in [3.63, 3.8) is 0 Å². The van der Waals surface area contributed by atoms with Crippen molar-refractivity contribution in [3.05, 3.63) is 59.2 Å². The van der Waals surface area contributed by atoms with Gasteiger partial charge in [-0.1, -0.05) is 37.3 Å². The minimum Gasteiger partial charge on any atom is -0.490 e. The normalized spacial score (nSPS) is 21.1. The number of ether oxygens (including phenoxy) is 5. The van der Waals surface area contributed by atoms with Gasteiger partial charge in [0.05, 0.1) is 51.3 Å². The second-order valence-corrected chi connectivity index (χ2v) is 11.3. The molecule has 0 spiro atoms. The van der Waals surface area contributed by atoms with Gasteiger partial charge < -0.3 is 43.7 Å². The molecule has 10 nitrogen and oxygen atoms in total. The molecule has 0 radical (unpaired) electrons. The Labute approximate surface area is 249 Å². The maximum atomic E-state index is 12.0. The molecule has 2 heterocycles. The van der Waals surface area contributed by atoms with E-state index in [9.17, 15) is 15.0 Å². The second-order valence-electron chi connectivity index (χ2n) is 11.3. The molecule has 2 aliphatic heterocycles. The van der Waals surface area contributed by atoms with E-state index in [0.717, 1.165) is 47.6 Å². The standard InChI is InChI=1S/C32H46N2O8/c1-23(19-39-3)20-40-21-24-5-8-26(9-6-24)31-27(18-35)16-34(32(36)37)17-30(31)42-22-25-7-10-29-28(15-25)33(12-14-41-29)11-4-13-38-2/h5-10,15,23,27,30-31,35H,4,11-14,16-22H2,1-3H3,(H,36,37)/t23-,27-,30-,31-/m0/s1. The molecule has 1 fully saturated rings. The minimum absolute atomic E-state index is 0.136. The highest BCUT2D eigenvalue weighted by Crippen LogP contribution is 2.37. The first kappa shape index (κ1) is 32.0. The van der Waals surface area contributed by atoms with Crippen molar-refractivity contribution < 1.29 is 38.7 Å². The quantitative estimate of drug-likeness (QED) is 0.299. The third-order valence-corrected chi connectivity index (χ3v) is 7.98. The molecule has 0 bridgehead atoms. The molecule has 42 heavy (non-hydrogen) atoms. The molecule has 0 aliphatic carbocycles. The molecule has 4 rings (SSSR count). The lowest BCUT2D eigenvalue weighted by Gasteiger charge is -2.42. The summed E-state index contributed by atoms with van der Waals surface area (Å²) in [4.78, 5) is 15.6. The molecule has 0 saturated carbocycles. The van der Waals surface area contributed by atoms with Crippen LogP contribution < -0.4 is 9.64 Å². The van der Waals surface area contributed by atoms with E-state index in [-0.39, 0.29) is 31.5 Å². The Bertz CT molecular complexity index is 1110. The maximum Gasteiger partial charge on any atom is 0.407 e. The average Bonchev–Trinajstić information content (AvgIpc) is 3.00. The van der Waals surface area contributed by atoms with Crippen molar-refractivity contribution in [1.29, 1.82) is 0 Å². The molecule has 2 N–H and O–H groups in total. The van der Waals surface area contributed by atoms with Crippen LogP contribution >= 0.6 is 0 Å². The third-order valence-electron chi connectivity index (χ3n) is 7.98. The van der Waals surface area contributed by atoms with E-state index in [0.29, 0.717) is 45.6 Å². The van der Waals surface area contributed by atoms with E-state index in [1.807, 2.05) is 36.4 Å². The molecule has 0 unspecified atom stereocenters. The van der Waals surface area contributed by atoms with E-state index in [1.165, 1.54) is 4.90 Å². The van der Waals surface area contributed by atoms with Crippen LogP contribution in [0.25, 0.3) is 0 Å². The SMILES string of the molecule is COCCCN1CCOc2ccc(CO[C@H]3CN(C(=O)O)C[C@@H](CO)[C@@H]3c3ccc(COC[C@@H](C)COC)cc3)cc21. The number of hydrogen-bond acceptors (Lipinski definition) is 8. The Kier molecular flexibility index (Phi) is 12.3. The van der Waals surface area contributed by atoms with Gasteiger partial charge in [-0.25, -0.2) is 4.79 Å². The number of carbonyl (C=O) groups is 1. The van der Waals surface area contributed by atoms with Gasteiger partial charge in [-0.05, 0) is 35.2 Å². The summed E-state index contributed by atoms with van der Waals surface area (Å²) in [6, 6.07) is 14.2. The molecule has 232 valence electrons. The van der Waals surface area contributed by atoms with Gasteiger partial charge in [-0.2, -0.15) is 0 Å². The monoisotopic (exact) mass is 586 g/mol. The van der Waals surface area contributed by atoms with Gasteiger partial charge in [0.15, 0.2) is 0 Å². The number of carboxylic acid groups (broad SMARTS) is 1. The van der Waals surface area contributed by atoms with Crippen molar-refractivity contribution in [2.75, 3.05) is 78.3 Å². The van der Waals surface area contributed by atoms with Crippen LogP contribution in [-0.4, -0.2) is 101 Å². The van der Waals surface area contributed by atoms with Gasteiger partial charge in [-0.15, -0.1) is 0 Å². The Morgan fingerprint density at radius 1 is 1.05 bits per heavy atom. The summed E-state index contributed by atoms with van der Waals surface area (Å²) in [5, 5.41) is 20.1. The summed E-state index contributed by atoms with van der Waals surface area (Å²) >= 11 is 0. The van der Waals surface area contributed by atoms with Crippen LogP contribution in [0, 0.1) is 11.8 Å². The largest absolute Gasteiger partial charge is 0.490 e. The van der Waals surface area contributed by atoms with Crippen molar-refractivity contribution >= 4 is 11.8 Å².